The Hall–Kier alpha value is -2.08. The number of nitrogens with one attached hydrogen (secondary N) is 2. The van der Waals surface area contributed by atoms with E-state index in [4.69, 9.17) is 16.3 Å². The van der Waals surface area contributed by atoms with Crippen molar-refractivity contribution in [2.24, 2.45) is 5.92 Å². The minimum atomic E-state index is -0.666. The van der Waals surface area contributed by atoms with Gasteiger partial charge in [0.2, 0.25) is 0 Å². The van der Waals surface area contributed by atoms with Crippen LogP contribution in [0.4, 0.5) is 4.79 Å². The first-order valence-corrected chi connectivity index (χ1v) is 8.72. The number of rotatable bonds is 8. The summed E-state index contributed by atoms with van der Waals surface area (Å²) in [7, 11) is 0. The van der Waals surface area contributed by atoms with Crippen molar-refractivity contribution in [3.8, 4) is 0 Å². The average Bonchev–Trinajstić information content (AvgIpc) is 2.55. The van der Waals surface area contributed by atoms with E-state index in [0.717, 1.165) is 18.4 Å². The van der Waals surface area contributed by atoms with Crippen LogP contribution in [0, 0.1) is 5.92 Å². The monoisotopic (exact) mass is 368 g/mol. The molecule has 0 saturated heterocycles. The summed E-state index contributed by atoms with van der Waals surface area (Å²) in [4.78, 5) is 35.5. The molecule has 1 rings (SSSR count). The summed E-state index contributed by atoms with van der Waals surface area (Å²) in [6, 6.07) is 6.33. The predicted octanol–water partition coefficient (Wildman–Crippen LogP) is 3.25. The zero-order chi connectivity index (χ0) is 18.8. The van der Waals surface area contributed by atoms with Gasteiger partial charge in [-0.1, -0.05) is 50.9 Å². The van der Waals surface area contributed by atoms with Crippen molar-refractivity contribution in [3.63, 3.8) is 0 Å². The zero-order valence-corrected chi connectivity index (χ0v) is 15.6. The molecule has 138 valence electrons. The first kappa shape index (κ1) is 21.0. The number of carbonyl (C=O) groups excluding carboxylic acids is 3. The molecular formula is C18H25ClN2O4. The molecule has 6 nitrogen and oxygen atoms in total. The summed E-state index contributed by atoms with van der Waals surface area (Å²) in [5.41, 5.74) is 0.766. The second kappa shape index (κ2) is 10.7. The van der Waals surface area contributed by atoms with Gasteiger partial charge in [0.25, 0.3) is 5.91 Å². The number of hydrogen-bond donors (Lipinski definition) is 2. The molecule has 0 aliphatic heterocycles. The lowest BCUT2D eigenvalue weighted by Crippen LogP contribution is -2.42. The van der Waals surface area contributed by atoms with Crippen molar-refractivity contribution in [2.75, 3.05) is 13.2 Å². The normalized spacial score (nSPS) is 11.7. The van der Waals surface area contributed by atoms with Gasteiger partial charge < -0.3 is 10.1 Å². The molecule has 0 radical (unpaired) electrons. The maximum atomic E-state index is 12.3. The van der Waals surface area contributed by atoms with Crippen LogP contribution in [-0.2, 0) is 14.3 Å². The van der Waals surface area contributed by atoms with Crippen molar-refractivity contribution in [1.82, 2.24) is 10.6 Å². The average molecular weight is 369 g/mol. The molecule has 1 aromatic carbocycles. The van der Waals surface area contributed by atoms with Crippen LogP contribution in [0.1, 0.15) is 45.1 Å². The number of esters is 1. The zero-order valence-electron chi connectivity index (χ0n) is 14.8. The van der Waals surface area contributed by atoms with Crippen molar-refractivity contribution < 1.29 is 19.1 Å². The Labute approximate surface area is 153 Å². The van der Waals surface area contributed by atoms with Gasteiger partial charge >= 0.3 is 12.0 Å². The predicted molar refractivity (Wildman–Crippen MR) is 96.4 cm³/mol. The number of carbonyl (C=O) groups is 3. The first-order chi connectivity index (χ1) is 11.8. The number of ether oxygens (including phenoxy) is 1. The van der Waals surface area contributed by atoms with Crippen LogP contribution < -0.4 is 10.6 Å². The fourth-order valence-electron chi connectivity index (χ4n) is 2.28. The third kappa shape index (κ3) is 7.56. The fourth-order valence-corrected chi connectivity index (χ4v) is 2.40. The standard InChI is InChI=1S/C18H25ClN2O4/c1-4-5-10-20-18(24)21-15(22)11-25-17(23)16(12(2)3)13-6-8-14(19)9-7-13/h6-9,12,16H,4-5,10-11H2,1-3H3,(H2,20,21,22,24)/t16-/m1/s1. The first-order valence-electron chi connectivity index (χ1n) is 8.35. The third-order valence-electron chi connectivity index (χ3n) is 3.56. The van der Waals surface area contributed by atoms with Gasteiger partial charge in [-0.15, -0.1) is 0 Å². The maximum absolute atomic E-state index is 12.3. The van der Waals surface area contributed by atoms with Gasteiger partial charge in [0.1, 0.15) is 0 Å². The second-order valence-corrected chi connectivity index (χ2v) is 6.48. The SMILES string of the molecule is CCCCNC(=O)NC(=O)COC(=O)[C@@H](c1ccc(Cl)cc1)C(C)C. The van der Waals surface area contributed by atoms with E-state index in [1.54, 1.807) is 24.3 Å². The van der Waals surface area contributed by atoms with Gasteiger partial charge in [-0.2, -0.15) is 0 Å². The third-order valence-corrected chi connectivity index (χ3v) is 3.82. The minimum Gasteiger partial charge on any atom is -0.455 e. The summed E-state index contributed by atoms with van der Waals surface area (Å²) in [5.74, 6) is -1.71. The Morgan fingerprint density at radius 3 is 2.36 bits per heavy atom. The molecule has 25 heavy (non-hydrogen) atoms. The van der Waals surface area contributed by atoms with Crippen LogP contribution in [0.15, 0.2) is 24.3 Å². The molecule has 0 bridgehead atoms. The van der Waals surface area contributed by atoms with Gasteiger partial charge in [0.05, 0.1) is 5.92 Å². The minimum absolute atomic E-state index is 0.0194. The van der Waals surface area contributed by atoms with Crippen LogP contribution in [0.2, 0.25) is 5.02 Å². The molecule has 0 unspecified atom stereocenters. The topological polar surface area (TPSA) is 84.5 Å². The number of urea groups is 1. The molecule has 3 amide bonds. The van der Waals surface area contributed by atoms with Crippen molar-refractivity contribution in [1.29, 1.82) is 0 Å². The van der Waals surface area contributed by atoms with Crippen LogP contribution in [0.3, 0.4) is 0 Å². The number of benzene rings is 1. The lowest BCUT2D eigenvalue weighted by atomic mass is 9.88. The van der Waals surface area contributed by atoms with E-state index in [0.29, 0.717) is 11.6 Å². The Morgan fingerprint density at radius 1 is 1.16 bits per heavy atom. The summed E-state index contributed by atoms with van der Waals surface area (Å²) < 4.78 is 5.07. The molecular weight excluding hydrogens is 344 g/mol. The van der Waals surface area contributed by atoms with E-state index in [2.05, 4.69) is 10.6 Å². The highest BCUT2D eigenvalue weighted by Crippen LogP contribution is 2.27. The highest BCUT2D eigenvalue weighted by atomic mass is 35.5. The van der Waals surface area contributed by atoms with E-state index in [1.807, 2.05) is 20.8 Å². The van der Waals surface area contributed by atoms with E-state index in [1.165, 1.54) is 0 Å². The Bertz CT molecular complexity index is 587. The molecule has 0 saturated carbocycles. The summed E-state index contributed by atoms with van der Waals surface area (Å²) >= 11 is 5.87. The largest absolute Gasteiger partial charge is 0.455 e. The molecule has 0 aromatic heterocycles. The number of amides is 3. The van der Waals surface area contributed by atoms with Gasteiger partial charge in [-0.25, -0.2) is 4.79 Å². The van der Waals surface area contributed by atoms with Gasteiger partial charge in [-0.05, 0) is 30.0 Å². The molecule has 0 heterocycles. The lowest BCUT2D eigenvalue weighted by molar-refractivity contribution is -0.150. The second-order valence-electron chi connectivity index (χ2n) is 6.04. The van der Waals surface area contributed by atoms with Gasteiger partial charge in [-0.3, -0.25) is 14.9 Å². The summed E-state index contributed by atoms with van der Waals surface area (Å²) in [6.07, 6.45) is 1.76. The lowest BCUT2D eigenvalue weighted by Gasteiger charge is -2.19. The quantitative estimate of drug-likeness (QED) is 0.545. The Morgan fingerprint density at radius 2 is 1.80 bits per heavy atom. The molecule has 0 aliphatic carbocycles. The Balaban J connectivity index is 2.53. The van der Waals surface area contributed by atoms with Crippen molar-refractivity contribution in [2.45, 2.75) is 39.5 Å². The van der Waals surface area contributed by atoms with E-state index < -0.39 is 30.4 Å². The van der Waals surface area contributed by atoms with Crippen LogP contribution in [0.25, 0.3) is 0 Å². The number of halogens is 1. The Kier molecular flexibility index (Phi) is 8.99. The highest BCUT2D eigenvalue weighted by Gasteiger charge is 2.26. The number of imide groups is 1. The van der Waals surface area contributed by atoms with Gasteiger partial charge in [0, 0.05) is 11.6 Å². The molecule has 0 aliphatic rings. The van der Waals surface area contributed by atoms with Crippen LogP contribution in [-0.4, -0.2) is 31.1 Å². The van der Waals surface area contributed by atoms with Gasteiger partial charge in [0.15, 0.2) is 6.61 Å². The van der Waals surface area contributed by atoms with Crippen molar-refractivity contribution >= 4 is 29.5 Å². The van der Waals surface area contributed by atoms with E-state index in [9.17, 15) is 14.4 Å². The maximum Gasteiger partial charge on any atom is 0.321 e. The number of unbranched alkanes of at least 4 members (excludes halogenated alkanes) is 1. The highest BCUT2D eigenvalue weighted by molar-refractivity contribution is 6.30. The molecule has 1 atom stereocenters. The fraction of sp³-hybridized carbons (Fsp3) is 0.500. The molecule has 0 fully saturated rings. The van der Waals surface area contributed by atoms with Crippen molar-refractivity contribution in [3.05, 3.63) is 34.9 Å². The smallest absolute Gasteiger partial charge is 0.321 e. The number of hydrogen-bond acceptors (Lipinski definition) is 4. The van der Waals surface area contributed by atoms with Crippen LogP contribution >= 0.6 is 11.6 Å². The summed E-state index contributed by atoms with van der Waals surface area (Å²) in [6.45, 7) is 5.76. The van der Waals surface area contributed by atoms with E-state index >= 15 is 0 Å². The molecule has 2 N–H and O–H groups in total. The molecule has 0 spiro atoms. The van der Waals surface area contributed by atoms with Crippen LogP contribution in [0.5, 0.6) is 0 Å². The molecule has 1 aromatic rings. The molecule has 7 heteroatoms. The summed E-state index contributed by atoms with van der Waals surface area (Å²) in [5, 5.41) is 5.25. The van der Waals surface area contributed by atoms with E-state index in [-0.39, 0.29) is 5.92 Å².